The fourth-order valence-corrected chi connectivity index (χ4v) is 1.88. The van der Waals surface area contributed by atoms with Gasteiger partial charge in [0.2, 0.25) is 0 Å². The molecule has 0 fully saturated rings. The second-order valence-electron chi connectivity index (χ2n) is 4.02. The normalized spacial score (nSPS) is 10.4. The van der Waals surface area contributed by atoms with Crippen molar-refractivity contribution in [3.05, 3.63) is 54.6 Å². The van der Waals surface area contributed by atoms with Gasteiger partial charge in [0.05, 0.1) is 5.69 Å². The number of H-pyrrole nitrogens is 1. The van der Waals surface area contributed by atoms with Crippen LogP contribution in [-0.2, 0) is 0 Å². The van der Waals surface area contributed by atoms with Gasteiger partial charge >= 0.3 is 0 Å². The van der Waals surface area contributed by atoms with Gasteiger partial charge in [-0.2, -0.15) is 0 Å². The zero-order valence-corrected chi connectivity index (χ0v) is 9.67. The molecule has 0 aliphatic rings. The number of rotatable bonds is 2. The fraction of sp³-hybridized carbons (Fsp3) is 0. The van der Waals surface area contributed by atoms with Crippen LogP contribution in [0, 0.1) is 0 Å². The second-order valence-corrected chi connectivity index (χ2v) is 4.02. The summed E-state index contributed by atoms with van der Waals surface area (Å²) in [6.07, 6.45) is 0. The lowest BCUT2D eigenvalue weighted by atomic mass is 10.0. The van der Waals surface area contributed by atoms with Gasteiger partial charge in [-0.1, -0.05) is 47.7 Å². The molecule has 3 aromatic rings. The minimum absolute atomic E-state index is 0.743. The van der Waals surface area contributed by atoms with Gasteiger partial charge in [-0.25, -0.2) is 0 Å². The molecule has 0 spiro atoms. The maximum Gasteiger partial charge on any atom is 0.120 e. The van der Waals surface area contributed by atoms with E-state index in [1.54, 1.807) is 0 Å². The third kappa shape index (κ3) is 1.84. The number of benzene rings is 2. The molecule has 18 heavy (non-hydrogen) atoms. The van der Waals surface area contributed by atoms with E-state index in [1.807, 2.05) is 54.6 Å². The number of nitrogens with one attached hydrogen (secondary N) is 1. The number of hydrogen-bond donors (Lipinski definition) is 2. The number of nitrogen functional groups attached to an aromatic ring is 1. The van der Waals surface area contributed by atoms with E-state index in [0.717, 1.165) is 28.2 Å². The summed E-state index contributed by atoms with van der Waals surface area (Å²) in [5.74, 6) is 0. The summed E-state index contributed by atoms with van der Waals surface area (Å²) in [5, 5.41) is 11.0. The Hall–Kier alpha value is -2.62. The molecule has 4 heteroatoms. The predicted octanol–water partition coefficient (Wildman–Crippen LogP) is 2.72. The van der Waals surface area contributed by atoms with Crippen molar-refractivity contribution in [2.45, 2.75) is 0 Å². The molecule has 1 heterocycles. The Labute approximate surface area is 104 Å². The van der Waals surface area contributed by atoms with E-state index < -0.39 is 0 Å². The van der Waals surface area contributed by atoms with Crippen molar-refractivity contribution in [1.82, 2.24) is 15.4 Å². The highest BCUT2D eigenvalue weighted by Gasteiger charge is 2.10. The first-order valence-electron chi connectivity index (χ1n) is 5.67. The quantitative estimate of drug-likeness (QED) is 0.672. The van der Waals surface area contributed by atoms with Crippen LogP contribution in [0.5, 0.6) is 0 Å². The van der Waals surface area contributed by atoms with Crippen LogP contribution in [0.3, 0.4) is 0 Å². The van der Waals surface area contributed by atoms with E-state index in [-0.39, 0.29) is 0 Å². The first-order chi connectivity index (χ1) is 8.84. The van der Waals surface area contributed by atoms with Crippen molar-refractivity contribution in [3.63, 3.8) is 0 Å². The Kier molecular flexibility index (Phi) is 2.53. The molecule has 0 atom stereocenters. The van der Waals surface area contributed by atoms with Crippen molar-refractivity contribution >= 4 is 5.69 Å². The average Bonchev–Trinajstić information content (AvgIpc) is 2.90. The molecule has 3 N–H and O–H groups in total. The molecule has 0 aliphatic heterocycles. The second kappa shape index (κ2) is 4.33. The lowest BCUT2D eigenvalue weighted by molar-refractivity contribution is 0.944. The summed E-state index contributed by atoms with van der Waals surface area (Å²) < 4.78 is 0. The smallest absolute Gasteiger partial charge is 0.120 e. The molecule has 3 rings (SSSR count). The molecular formula is C14H12N4. The largest absolute Gasteiger partial charge is 0.399 e. The van der Waals surface area contributed by atoms with Crippen LogP contribution >= 0.6 is 0 Å². The molecule has 2 aromatic carbocycles. The van der Waals surface area contributed by atoms with E-state index in [9.17, 15) is 0 Å². The molecule has 0 amide bonds. The van der Waals surface area contributed by atoms with Crippen molar-refractivity contribution in [1.29, 1.82) is 0 Å². The standard InChI is InChI=1S/C14H12N4/c15-12-8-6-11(7-9-12)14-13(16-18-17-14)10-4-2-1-3-5-10/h1-9H,15H2,(H,16,17,18). The van der Waals surface area contributed by atoms with Crippen LogP contribution in [0.1, 0.15) is 0 Å². The Balaban J connectivity index is 2.10. The number of hydrogen-bond acceptors (Lipinski definition) is 3. The Morgan fingerprint density at radius 3 is 2.28 bits per heavy atom. The Morgan fingerprint density at radius 2 is 1.56 bits per heavy atom. The van der Waals surface area contributed by atoms with Gasteiger partial charge in [0.1, 0.15) is 5.69 Å². The van der Waals surface area contributed by atoms with Gasteiger partial charge < -0.3 is 5.73 Å². The Morgan fingerprint density at radius 1 is 0.833 bits per heavy atom. The van der Waals surface area contributed by atoms with Gasteiger partial charge in [-0.05, 0) is 12.1 Å². The van der Waals surface area contributed by atoms with Crippen molar-refractivity contribution in [2.75, 3.05) is 5.73 Å². The van der Waals surface area contributed by atoms with Crippen LogP contribution in [0.15, 0.2) is 54.6 Å². The van der Waals surface area contributed by atoms with Crippen LogP contribution in [0.4, 0.5) is 5.69 Å². The first-order valence-corrected chi connectivity index (χ1v) is 5.67. The Bertz CT molecular complexity index is 641. The molecule has 0 radical (unpaired) electrons. The first kappa shape index (κ1) is 10.5. The van der Waals surface area contributed by atoms with Crippen LogP contribution in [-0.4, -0.2) is 15.4 Å². The maximum absolute atomic E-state index is 5.69. The zero-order chi connectivity index (χ0) is 12.4. The number of aromatic nitrogens is 3. The molecule has 4 nitrogen and oxygen atoms in total. The van der Waals surface area contributed by atoms with Gasteiger partial charge in [-0.15, -0.1) is 5.10 Å². The summed E-state index contributed by atoms with van der Waals surface area (Å²) in [5.41, 5.74) is 10.2. The van der Waals surface area contributed by atoms with Crippen LogP contribution in [0.25, 0.3) is 22.5 Å². The van der Waals surface area contributed by atoms with Crippen LogP contribution in [0.2, 0.25) is 0 Å². The molecule has 0 saturated carbocycles. The molecule has 0 unspecified atom stereocenters. The van der Waals surface area contributed by atoms with E-state index in [2.05, 4.69) is 15.4 Å². The molecule has 1 aromatic heterocycles. The highest BCUT2D eigenvalue weighted by atomic mass is 15.3. The van der Waals surface area contributed by atoms with Crippen molar-refractivity contribution in [3.8, 4) is 22.5 Å². The van der Waals surface area contributed by atoms with Gasteiger partial charge in [-0.3, -0.25) is 5.10 Å². The summed E-state index contributed by atoms with van der Waals surface area (Å²) in [7, 11) is 0. The van der Waals surface area contributed by atoms with Crippen LogP contribution < -0.4 is 5.73 Å². The minimum Gasteiger partial charge on any atom is -0.399 e. The number of nitrogens with zero attached hydrogens (tertiary/aromatic N) is 2. The number of anilines is 1. The molecule has 0 aliphatic carbocycles. The maximum atomic E-state index is 5.69. The molecular weight excluding hydrogens is 224 g/mol. The minimum atomic E-state index is 0.743. The summed E-state index contributed by atoms with van der Waals surface area (Å²) >= 11 is 0. The monoisotopic (exact) mass is 236 g/mol. The average molecular weight is 236 g/mol. The SMILES string of the molecule is Nc1ccc(-c2[nH]nnc2-c2ccccc2)cc1. The van der Waals surface area contributed by atoms with E-state index in [4.69, 9.17) is 5.73 Å². The summed E-state index contributed by atoms with van der Waals surface area (Å²) in [4.78, 5) is 0. The van der Waals surface area contributed by atoms with Gasteiger partial charge in [0.15, 0.2) is 0 Å². The van der Waals surface area contributed by atoms with Crippen molar-refractivity contribution in [2.24, 2.45) is 0 Å². The third-order valence-corrected chi connectivity index (χ3v) is 2.80. The van der Waals surface area contributed by atoms with E-state index >= 15 is 0 Å². The number of nitrogens with two attached hydrogens (primary N) is 1. The highest BCUT2D eigenvalue weighted by molar-refractivity contribution is 5.77. The van der Waals surface area contributed by atoms with Gasteiger partial charge in [0.25, 0.3) is 0 Å². The van der Waals surface area contributed by atoms with E-state index in [1.165, 1.54) is 0 Å². The highest BCUT2D eigenvalue weighted by Crippen LogP contribution is 2.28. The lowest BCUT2D eigenvalue weighted by Crippen LogP contribution is -1.86. The molecule has 0 bridgehead atoms. The van der Waals surface area contributed by atoms with E-state index in [0.29, 0.717) is 0 Å². The molecule has 0 saturated heterocycles. The topological polar surface area (TPSA) is 67.6 Å². The predicted molar refractivity (Wildman–Crippen MR) is 71.7 cm³/mol. The number of aromatic amines is 1. The fourth-order valence-electron chi connectivity index (χ4n) is 1.88. The van der Waals surface area contributed by atoms with Gasteiger partial charge in [0, 0.05) is 16.8 Å². The lowest BCUT2D eigenvalue weighted by Gasteiger charge is -2.02. The summed E-state index contributed by atoms with van der Waals surface area (Å²) in [6.45, 7) is 0. The summed E-state index contributed by atoms with van der Waals surface area (Å²) in [6, 6.07) is 17.6. The zero-order valence-electron chi connectivity index (χ0n) is 9.67. The molecule has 88 valence electrons. The van der Waals surface area contributed by atoms with Crippen molar-refractivity contribution < 1.29 is 0 Å². The third-order valence-electron chi connectivity index (χ3n) is 2.80.